The molecular formula is C15H19NO. The molecule has 0 fully saturated rings. The maximum Gasteiger partial charge on any atom is 0.0507 e. The van der Waals surface area contributed by atoms with Gasteiger partial charge in [-0.15, -0.1) is 0 Å². The Morgan fingerprint density at radius 3 is 2.65 bits per heavy atom. The van der Waals surface area contributed by atoms with Crippen LogP contribution < -0.4 is 0 Å². The van der Waals surface area contributed by atoms with Crippen LogP contribution in [0.5, 0.6) is 0 Å². The van der Waals surface area contributed by atoms with Crippen molar-refractivity contribution in [2.24, 2.45) is 0 Å². The Kier molecular flexibility index (Phi) is 3.99. The molecule has 2 aromatic rings. The fourth-order valence-electron chi connectivity index (χ4n) is 2.07. The number of rotatable bonds is 5. The first-order chi connectivity index (χ1) is 8.33. The lowest BCUT2D eigenvalue weighted by Gasteiger charge is -2.06. The highest BCUT2D eigenvalue weighted by Gasteiger charge is 2.09. The van der Waals surface area contributed by atoms with E-state index in [9.17, 15) is 0 Å². The van der Waals surface area contributed by atoms with Crippen LogP contribution >= 0.6 is 0 Å². The van der Waals surface area contributed by atoms with Crippen LogP contribution in [0.4, 0.5) is 0 Å². The summed E-state index contributed by atoms with van der Waals surface area (Å²) < 4.78 is 5.44. The van der Waals surface area contributed by atoms with Gasteiger partial charge in [0, 0.05) is 24.1 Å². The van der Waals surface area contributed by atoms with Gasteiger partial charge in [-0.25, -0.2) is 0 Å². The molecule has 1 N–H and O–H groups in total. The van der Waals surface area contributed by atoms with Gasteiger partial charge in [-0.05, 0) is 31.4 Å². The molecule has 0 radical (unpaired) electrons. The molecule has 0 amide bonds. The molecule has 2 heteroatoms. The summed E-state index contributed by atoms with van der Waals surface area (Å²) in [6.45, 7) is 5.72. The quantitative estimate of drug-likeness (QED) is 0.779. The van der Waals surface area contributed by atoms with Crippen molar-refractivity contribution in [3.8, 4) is 11.1 Å². The minimum absolute atomic E-state index is 0.782. The third-order valence-electron chi connectivity index (χ3n) is 3.00. The van der Waals surface area contributed by atoms with E-state index in [0.29, 0.717) is 0 Å². The third-order valence-corrected chi connectivity index (χ3v) is 3.00. The maximum atomic E-state index is 5.44. The molecule has 0 unspecified atom stereocenters. The van der Waals surface area contributed by atoms with Crippen LogP contribution in [-0.4, -0.2) is 18.2 Å². The normalized spacial score (nSPS) is 10.7. The summed E-state index contributed by atoms with van der Waals surface area (Å²) in [5.41, 5.74) is 5.17. The minimum Gasteiger partial charge on any atom is -0.381 e. The Morgan fingerprint density at radius 2 is 1.94 bits per heavy atom. The van der Waals surface area contributed by atoms with Gasteiger partial charge in [-0.1, -0.05) is 30.3 Å². The van der Waals surface area contributed by atoms with Crippen LogP contribution in [0.3, 0.4) is 0 Å². The van der Waals surface area contributed by atoms with Crippen molar-refractivity contribution in [1.29, 1.82) is 0 Å². The molecule has 1 aromatic heterocycles. The molecule has 0 saturated heterocycles. The van der Waals surface area contributed by atoms with E-state index in [-0.39, 0.29) is 0 Å². The molecular weight excluding hydrogens is 210 g/mol. The SMILES string of the molecule is CCOCCc1c(-c2ccccc2)c[nH]c1C. The van der Waals surface area contributed by atoms with Crippen molar-refractivity contribution in [2.45, 2.75) is 20.3 Å². The highest BCUT2D eigenvalue weighted by Crippen LogP contribution is 2.26. The molecule has 0 aliphatic carbocycles. The summed E-state index contributed by atoms with van der Waals surface area (Å²) in [5.74, 6) is 0. The second-order valence-electron chi connectivity index (χ2n) is 4.12. The van der Waals surface area contributed by atoms with Crippen LogP contribution in [0.25, 0.3) is 11.1 Å². The fourth-order valence-corrected chi connectivity index (χ4v) is 2.07. The molecule has 2 nitrogen and oxygen atoms in total. The van der Waals surface area contributed by atoms with Crippen molar-refractivity contribution in [2.75, 3.05) is 13.2 Å². The van der Waals surface area contributed by atoms with Crippen LogP contribution in [0.15, 0.2) is 36.5 Å². The first kappa shape index (κ1) is 11.9. The van der Waals surface area contributed by atoms with E-state index in [1.165, 1.54) is 22.4 Å². The molecule has 17 heavy (non-hydrogen) atoms. The monoisotopic (exact) mass is 229 g/mol. The van der Waals surface area contributed by atoms with Gasteiger partial charge < -0.3 is 9.72 Å². The van der Waals surface area contributed by atoms with Gasteiger partial charge in [0.05, 0.1) is 6.61 Å². The number of H-pyrrole nitrogens is 1. The van der Waals surface area contributed by atoms with Crippen molar-refractivity contribution >= 4 is 0 Å². The van der Waals surface area contributed by atoms with E-state index in [0.717, 1.165) is 19.6 Å². The molecule has 0 saturated carbocycles. The number of aromatic amines is 1. The predicted molar refractivity (Wildman–Crippen MR) is 71.2 cm³/mol. The summed E-state index contributed by atoms with van der Waals surface area (Å²) in [6.07, 6.45) is 3.05. The Bertz CT molecular complexity index is 459. The summed E-state index contributed by atoms with van der Waals surface area (Å²) in [7, 11) is 0. The zero-order chi connectivity index (χ0) is 12.1. The second-order valence-corrected chi connectivity index (χ2v) is 4.12. The van der Waals surface area contributed by atoms with Gasteiger partial charge >= 0.3 is 0 Å². The summed E-state index contributed by atoms with van der Waals surface area (Å²) >= 11 is 0. The number of hydrogen-bond donors (Lipinski definition) is 1. The lowest BCUT2D eigenvalue weighted by Crippen LogP contribution is -1.99. The van der Waals surface area contributed by atoms with Gasteiger partial charge in [0.25, 0.3) is 0 Å². The first-order valence-corrected chi connectivity index (χ1v) is 6.13. The van der Waals surface area contributed by atoms with Crippen LogP contribution in [0, 0.1) is 6.92 Å². The molecule has 0 bridgehead atoms. The average molecular weight is 229 g/mol. The molecule has 0 spiro atoms. The summed E-state index contributed by atoms with van der Waals surface area (Å²) in [5, 5.41) is 0. The number of aryl methyl sites for hydroxylation is 1. The lowest BCUT2D eigenvalue weighted by atomic mass is 10.0. The smallest absolute Gasteiger partial charge is 0.0507 e. The Morgan fingerprint density at radius 1 is 1.18 bits per heavy atom. The standard InChI is InChI=1S/C15H19NO/c1-3-17-10-9-14-12(2)16-11-15(14)13-7-5-4-6-8-13/h4-8,11,16H,3,9-10H2,1-2H3. The maximum absolute atomic E-state index is 5.44. The van der Waals surface area contributed by atoms with E-state index in [2.05, 4.69) is 42.4 Å². The minimum atomic E-state index is 0.782. The van der Waals surface area contributed by atoms with E-state index in [1.807, 2.05) is 13.0 Å². The highest BCUT2D eigenvalue weighted by molar-refractivity contribution is 5.68. The van der Waals surface area contributed by atoms with Crippen LogP contribution in [0.2, 0.25) is 0 Å². The second kappa shape index (κ2) is 5.69. The average Bonchev–Trinajstić information content (AvgIpc) is 2.73. The van der Waals surface area contributed by atoms with Gasteiger partial charge in [-0.3, -0.25) is 0 Å². The van der Waals surface area contributed by atoms with Crippen LogP contribution in [0.1, 0.15) is 18.2 Å². The number of benzene rings is 1. The van der Waals surface area contributed by atoms with Crippen LogP contribution in [-0.2, 0) is 11.2 Å². The van der Waals surface area contributed by atoms with Gasteiger partial charge in [-0.2, -0.15) is 0 Å². The molecule has 0 atom stereocenters. The molecule has 90 valence electrons. The highest BCUT2D eigenvalue weighted by atomic mass is 16.5. The van der Waals surface area contributed by atoms with Crippen molar-refractivity contribution in [1.82, 2.24) is 4.98 Å². The number of aromatic nitrogens is 1. The molecule has 0 aliphatic heterocycles. The zero-order valence-electron chi connectivity index (χ0n) is 10.5. The van der Waals surface area contributed by atoms with Gasteiger partial charge in [0.1, 0.15) is 0 Å². The van der Waals surface area contributed by atoms with E-state index < -0.39 is 0 Å². The van der Waals surface area contributed by atoms with Gasteiger partial charge in [0.2, 0.25) is 0 Å². The number of nitrogens with one attached hydrogen (secondary N) is 1. The molecule has 2 rings (SSSR count). The largest absolute Gasteiger partial charge is 0.381 e. The van der Waals surface area contributed by atoms with Gasteiger partial charge in [0.15, 0.2) is 0 Å². The van der Waals surface area contributed by atoms with Crippen molar-refractivity contribution < 1.29 is 4.74 Å². The zero-order valence-corrected chi connectivity index (χ0v) is 10.5. The van der Waals surface area contributed by atoms with Crippen molar-refractivity contribution in [3.05, 3.63) is 47.8 Å². The first-order valence-electron chi connectivity index (χ1n) is 6.13. The number of hydrogen-bond acceptors (Lipinski definition) is 1. The topological polar surface area (TPSA) is 25.0 Å². The summed E-state index contributed by atoms with van der Waals surface area (Å²) in [6, 6.07) is 10.5. The van der Waals surface area contributed by atoms with E-state index in [4.69, 9.17) is 4.74 Å². The lowest BCUT2D eigenvalue weighted by molar-refractivity contribution is 0.151. The molecule has 0 aliphatic rings. The molecule has 1 heterocycles. The van der Waals surface area contributed by atoms with E-state index >= 15 is 0 Å². The predicted octanol–water partition coefficient (Wildman–Crippen LogP) is 3.57. The fraction of sp³-hybridized carbons (Fsp3) is 0.333. The summed E-state index contributed by atoms with van der Waals surface area (Å²) in [4.78, 5) is 3.31. The number of ether oxygens (including phenoxy) is 1. The van der Waals surface area contributed by atoms with Crippen molar-refractivity contribution in [3.63, 3.8) is 0 Å². The van der Waals surface area contributed by atoms with E-state index in [1.54, 1.807) is 0 Å². The molecule has 1 aromatic carbocycles. The Balaban J connectivity index is 2.23. The Labute approximate surface area is 103 Å². The third kappa shape index (κ3) is 2.77. The Hall–Kier alpha value is -1.54.